The highest BCUT2D eigenvalue weighted by Gasteiger charge is 2.42. The highest BCUT2D eigenvalue weighted by molar-refractivity contribution is 5.49. The third-order valence-electron chi connectivity index (χ3n) is 7.63. The molecule has 0 unspecified atom stereocenters. The average Bonchev–Trinajstić information content (AvgIpc) is 3.66. The van der Waals surface area contributed by atoms with Crippen LogP contribution in [0.5, 0.6) is 11.5 Å². The number of hydrogen-bond donors (Lipinski definition) is 1. The summed E-state index contributed by atoms with van der Waals surface area (Å²) in [5, 5.41) is 11.1. The number of rotatable bonds is 9. The average molecular weight is 554 g/mol. The Morgan fingerprint density at radius 3 is 2.10 bits per heavy atom. The zero-order valence-corrected chi connectivity index (χ0v) is 22.8. The molecule has 3 aromatic carbocycles. The van der Waals surface area contributed by atoms with Gasteiger partial charge in [-0.05, 0) is 47.0 Å². The summed E-state index contributed by atoms with van der Waals surface area (Å²) < 4.78 is 26.9. The lowest BCUT2D eigenvalue weighted by molar-refractivity contribution is -0.0944. The van der Waals surface area contributed by atoms with E-state index in [0.29, 0.717) is 5.65 Å². The van der Waals surface area contributed by atoms with Gasteiger partial charge in [-0.25, -0.2) is 9.78 Å². The van der Waals surface area contributed by atoms with Crippen molar-refractivity contribution in [3.63, 3.8) is 0 Å². The number of hydrogen-bond acceptors (Lipinski definition) is 7. The molecule has 9 nitrogen and oxygen atoms in total. The van der Waals surface area contributed by atoms with Crippen LogP contribution < -0.4 is 15.2 Å². The second-order valence-corrected chi connectivity index (χ2v) is 9.91. The quantitative estimate of drug-likeness (QED) is 0.274. The van der Waals surface area contributed by atoms with Gasteiger partial charge in [0.1, 0.15) is 35.1 Å². The summed E-state index contributed by atoms with van der Waals surface area (Å²) >= 11 is 0. The van der Waals surface area contributed by atoms with Crippen LogP contribution in [0.1, 0.15) is 29.3 Å². The Morgan fingerprint density at radius 1 is 0.878 bits per heavy atom. The first kappa shape index (κ1) is 26.8. The van der Waals surface area contributed by atoms with Crippen molar-refractivity contribution in [3.05, 3.63) is 131 Å². The van der Waals surface area contributed by atoms with Gasteiger partial charge in [-0.15, -0.1) is 0 Å². The highest BCUT2D eigenvalue weighted by atomic mass is 16.6. The number of fused-ring (bicyclic) bond motifs is 1. The second-order valence-electron chi connectivity index (χ2n) is 9.91. The van der Waals surface area contributed by atoms with Crippen molar-refractivity contribution < 1.29 is 24.1 Å². The van der Waals surface area contributed by atoms with E-state index >= 15 is 0 Å². The van der Waals surface area contributed by atoms with Crippen molar-refractivity contribution in [2.24, 2.45) is 0 Å². The number of aliphatic hydroxyl groups is 1. The zero-order valence-electron chi connectivity index (χ0n) is 22.8. The fraction of sp³-hybridized carbons (Fsp3) is 0.250. The topological polar surface area (TPSA) is 96.5 Å². The minimum Gasteiger partial charge on any atom is -0.497 e. The summed E-state index contributed by atoms with van der Waals surface area (Å²) in [4.78, 5) is 17.2. The molecular weight excluding hydrogens is 522 g/mol. The van der Waals surface area contributed by atoms with Gasteiger partial charge in [0.25, 0.3) is 0 Å². The Morgan fingerprint density at radius 2 is 1.49 bits per heavy atom. The Bertz CT molecular complexity index is 1620. The van der Waals surface area contributed by atoms with E-state index in [-0.39, 0.29) is 18.7 Å². The van der Waals surface area contributed by atoms with Crippen molar-refractivity contribution in [1.82, 2.24) is 14.0 Å². The van der Waals surface area contributed by atoms with Gasteiger partial charge in [0, 0.05) is 25.0 Å². The molecule has 9 heteroatoms. The number of methoxy groups -OCH3 is 2. The van der Waals surface area contributed by atoms with Gasteiger partial charge in [-0.3, -0.25) is 8.97 Å². The van der Waals surface area contributed by atoms with Gasteiger partial charge in [0.15, 0.2) is 0 Å². The molecule has 210 valence electrons. The molecule has 3 heterocycles. The predicted octanol–water partition coefficient (Wildman–Crippen LogP) is 4.17. The maximum absolute atomic E-state index is 13.0. The number of ether oxygens (including phenoxy) is 4. The van der Waals surface area contributed by atoms with E-state index in [9.17, 15) is 9.90 Å². The molecule has 0 aliphatic carbocycles. The number of imidazole rings is 1. The number of nitrogens with zero attached hydrogens (tertiary/aromatic N) is 3. The third kappa shape index (κ3) is 4.88. The molecular formula is C32H31N3O6. The van der Waals surface area contributed by atoms with Gasteiger partial charge in [0.2, 0.25) is 0 Å². The molecule has 0 amide bonds. The van der Waals surface area contributed by atoms with E-state index in [0.717, 1.165) is 28.2 Å². The van der Waals surface area contributed by atoms with Crippen LogP contribution in [0.25, 0.3) is 5.65 Å². The lowest BCUT2D eigenvalue weighted by Gasteiger charge is -2.37. The summed E-state index contributed by atoms with van der Waals surface area (Å²) in [5.74, 6) is 1.45. The van der Waals surface area contributed by atoms with Crippen molar-refractivity contribution >= 4 is 5.65 Å². The number of benzene rings is 3. The molecule has 0 bridgehead atoms. The van der Waals surface area contributed by atoms with E-state index in [4.69, 9.17) is 18.9 Å². The molecule has 2 aromatic heterocycles. The Kier molecular flexibility index (Phi) is 7.32. The smallest absolute Gasteiger partial charge is 0.336 e. The lowest BCUT2D eigenvalue weighted by Crippen LogP contribution is -2.38. The van der Waals surface area contributed by atoms with Crippen LogP contribution in [-0.2, 0) is 15.1 Å². The van der Waals surface area contributed by atoms with Crippen molar-refractivity contribution in [1.29, 1.82) is 0 Å². The highest BCUT2D eigenvalue weighted by Crippen LogP contribution is 2.42. The fourth-order valence-corrected chi connectivity index (χ4v) is 5.47. The van der Waals surface area contributed by atoms with Crippen LogP contribution in [0.3, 0.4) is 0 Å². The zero-order chi connectivity index (χ0) is 28.4. The molecule has 0 saturated carbocycles. The Balaban J connectivity index is 1.37. The molecule has 1 saturated heterocycles. The van der Waals surface area contributed by atoms with E-state index in [1.165, 1.54) is 8.97 Å². The minimum atomic E-state index is -1.05. The van der Waals surface area contributed by atoms with E-state index in [1.54, 1.807) is 38.9 Å². The molecule has 1 aliphatic heterocycles. The van der Waals surface area contributed by atoms with Crippen molar-refractivity contribution in [2.45, 2.75) is 30.5 Å². The van der Waals surface area contributed by atoms with Gasteiger partial charge in [0.05, 0.1) is 26.9 Å². The van der Waals surface area contributed by atoms with Gasteiger partial charge < -0.3 is 24.1 Å². The number of aliphatic hydroxyl groups excluding tert-OH is 1. The molecule has 41 heavy (non-hydrogen) atoms. The maximum Gasteiger partial charge on any atom is 0.336 e. The van der Waals surface area contributed by atoms with E-state index in [1.807, 2.05) is 78.9 Å². The molecule has 0 radical (unpaired) electrons. The monoisotopic (exact) mass is 553 g/mol. The molecule has 1 N–H and O–H groups in total. The van der Waals surface area contributed by atoms with Crippen LogP contribution >= 0.6 is 0 Å². The van der Waals surface area contributed by atoms with Crippen LogP contribution in [0.15, 0.2) is 108 Å². The lowest BCUT2D eigenvalue weighted by atomic mass is 9.80. The SMILES string of the molecule is COc1ccc(C(OC[C@H]2O[C@@H](n3ccc4nccn4c3=O)C[C@@H]2O)(c2ccccc2)c2ccc(OC)cc2)cc1. The first-order chi connectivity index (χ1) is 20.0. The van der Waals surface area contributed by atoms with E-state index in [2.05, 4.69) is 4.98 Å². The van der Waals surface area contributed by atoms with Crippen LogP contribution in [0.2, 0.25) is 0 Å². The fourth-order valence-electron chi connectivity index (χ4n) is 5.47. The van der Waals surface area contributed by atoms with E-state index < -0.39 is 24.0 Å². The third-order valence-corrected chi connectivity index (χ3v) is 7.63. The summed E-state index contributed by atoms with van der Waals surface area (Å²) in [6.45, 7) is 0.0622. The van der Waals surface area contributed by atoms with Crippen LogP contribution in [0, 0.1) is 0 Å². The molecule has 0 spiro atoms. The summed E-state index contributed by atoms with van der Waals surface area (Å²) in [5.41, 5.74) is 1.88. The standard InChI is InChI=1S/C32H31N3O6/c1-38-25-12-8-23(9-13-25)32(22-6-4-3-5-7-22,24-10-14-26(39-2)15-11-24)40-21-28-27(36)20-30(41-28)35-18-16-29-33-17-19-34(29)31(35)37/h3-19,27-28,30,36H,20-21H2,1-2H3/t27-,28+,30+/m0/s1. The number of aromatic nitrogens is 3. The predicted molar refractivity (Wildman–Crippen MR) is 152 cm³/mol. The molecule has 3 atom stereocenters. The summed E-state index contributed by atoms with van der Waals surface area (Å²) in [7, 11) is 3.26. The Labute approximate surface area is 237 Å². The Hall–Kier alpha value is -4.44. The second kappa shape index (κ2) is 11.2. The molecule has 5 aromatic rings. The van der Waals surface area contributed by atoms with Crippen LogP contribution in [0.4, 0.5) is 0 Å². The normalized spacial score (nSPS) is 19.0. The molecule has 1 aliphatic rings. The van der Waals surface area contributed by atoms with Crippen molar-refractivity contribution in [3.8, 4) is 11.5 Å². The van der Waals surface area contributed by atoms with Gasteiger partial charge >= 0.3 is 5.69 Å². The van der Waals surface area contributed by atoms with Crippen LogP contribution in [-0.4, -0.2) is 52.1 Å². The van der Waals surface area contributed by atoms with Gasteiger partial charge in [-0.1, -0.05) is 54.6 Å². The minimum absolute atomic E-state index is 0.0622. The first-order valence-corrected chi connectivity index (χ1v) is 13.4. The molecule has 1 fully saturated rings. The summed E-state index contributed by atoms with van der Waals surface area (Å²) in [6, 6.07) is 27.2. The first-order valence-electron chi connectivity index (χ1n) is 13.4. The van der Waals surface area contributed by atoms with Gasteiger partial charge in [-0.2, -0.15) is 0 Å². The largest absolute Gasteiger partial charge is 0.497 e. The maximum atomic E-state index is 13.0. The summed E-state index contributed by atoms with van der Waals surface area (Å²) in [6.07, 6.45) is 2.91. The van der Waals surface area contributed by atoms with Crippen molar-refractivity contribution in [2.75, 3.05) is 20.8 Å². The molecule has 6 rings (SSSR count).